The van der Waals surface area contributed by atoms with Gasteiger partial charge in [0.05, 0.1) is 0 Å². The summed E-state index contributed by atoms with van der Waals surface area (Å²) < 4.78 is 4.67. The number of carbonyl (C=O) groups is 2. The highest BCUT2D eigenvalue weighted by Gasteiger charge is 2.08. The first-order chi connectivity index (χ1) is 6.20. The molecule has 0 aliphatic rings. The zero-order valence-corrected chi connectivity index (χ0v) is 8.05. The first kappa shape index (κ1) is 11.7. The van der Waals surface area contributed by atoms with Gasteiger partial charge in [0.2, 0.25) is 0 Å². The second kappa shape index (κ2) is 7.35. The minimum atomic E-state index is -0.485. The second-order valence-corrected chi connectivity index (χ2v) is 2.55. The maximum absolute atomic E-state index is 10.9. The highest BCUT2D eigenvalue weighted by Crippen LogP contribution is 1.95. The van der Waals surface area contributed by atoms with Gasteiger partial charge in [0.15, 0.2) is 6.61 Å². The van der Waals surface area contributed by atoms with Gasteiger partial charge in [-0.1, -0.05) is 12.8 Å². The van der Waals surface area contributed by atoms with Gasteiger partial charge in [0, 0.05) is 6.42 Å². The van der Waals surface area contributed by atoms with E-state index >= 15 is 0 Å². The average Bonchev–Trinajstić information content (AvgIpc) is 2.05. The van der Waals surface area contributed by atoms with Crippen molar-refractivity contribution in [2.24, 2.45) is 0 Å². The number of rotatable bonds is 5. The fourth-order valence-corrected chi connectivity index (χ4v) is 0.768. The largest absolute Gasteiger partial charge is 0.452 e. The van der Waals surface area contributed by atoms with Crippen LogP contribution in [-0.2, 0) is 14.3 Å². The Kier molecular flexibility index (Phi) is 6.62. The molecule has 72 valence electrons. The third kappa shape index (κ3) is 7.07. The van der Waals surface area contributed by atoms with Gasteiger partial charge >= 0.3 is 5.97 Å². The van der Waals surface area contributed by atoms with Crippen molar-refractivity contribution in [3.63, 3.8) is 0 Å². The molecule has 3 heteroatoms. The molecule has 13 heavy (non-hydrogen) atoms. The molecule has 0 saturated carbocycles. The molecule has 0 amide bonds. The molecule has 0 heterocycles. The molecule has 0 saturated heterocycles. The highest BCUT2D eigenvalue weighted by atomic mass is 16.5. The van der Waals surface area contributed by atoms with E-state index in [1.165, 1.54) is 0 Å². The molecule has 0 spiro atoms. The Morgan fingerprint density at radius 1 is 1.38 bits per heavy atom. The van der Waals surface area contributed by atoms with E-state index in [4.69, 9.17) is 0 Å². The molecule has 0 N–H and O–H groups in total. The average molecular weight is 182 g/mol. The van der Waals surface area contributed by atoms with Crippen molar-refractivity contribution >= 4 is 11.8 Å². The van der Waals surface area contributed by atoms with Crippen molar-refractivity contribution in [2.45, 2.75) is 33.1 Å². The van der Waals surface area contributed by atoms with Gasteiger partial charge in [-0.2, -0.15) is 0 Å². The quantitative estimate of drug-likeness (QED) is 0.366. The molecule has 0 fully saturated rings. The normalized spacial score (nSPS) is 8.46. The third-order valence-corrected chi connectivity index (χ3v) is 1.35. The van der Waals surface area contributed by atoms with Gasteiger partial charge < -0.3 is 4.74 Å². The van der Waals surface area contributed by atoms with Crippen molar-refractivity contribution < 1.29 is 14.3 Å². The Morgan fingerprint density at radius 2 is 2.08 bits per heavy atom. The molecule has 0 aromatic heterocycles. The molecule has 3 nitrogen and oxygen atoms in total. The molecule has 0 aromatic carbocycles. The molecular formula is C10H14O3. The number of hydrogen-bond acceptors (Lipinski definition) is 3. The van der Waals surface area contributed by atoms with E-state index in [0.29, 0.717) is 6.42 Å². The molecule has 0 radical (unpaired) electrons. The van der Waals surface area contributed by atoms with E-state index in [1.54, 1.807) is 6.92 Å². The first-order valence-electron chi connectivity index (χ1n) is 4.27. The third-order valence-electron chi connectivity index (χ3n) is 1.35. The van der Waals surface area contributed by atoms with Crippen LogP contribution in [0.1, 0.15) is 33.1 Å². The standard InChI is InChI=1S/C10H14O3/c1-3-5-7-13-10(12)8-9(11)6-4-2/h4,6-8H2,1-2H3. The smallest absolute Gasteiger partial charge is 0.314 e. The molecule has 0 atom stereocenters. The zero-order valence-electron chi connectivity index (χ0n) is 8.05. The van der Waals surface area contributed by atoms with Crippen LogP contribution in [0, 0.1) is 11.8 Å². The predicted octanol–water partition coefficient (Wildman–Crippen LogP) is 1.31. The summed E-state index contributed by atoms with van der Waals surface area (Å²) in [5.74, 6) is 4.61. The molecule has 0 bridgehead atoms. The maximum atomic E-state index is 10.9. The molecular weight excluding hydrogens is 168 g/mol. The van der Waals surface area contributed by atoms with Crippen LogP contribution in [0.2, 0.25) is 0 Å². The monoisotopic (exact) mass is 182 g/mol. The van der Waals surface area contributed by atoms with E-state index in [0.717, 1.165) is 6.42 Å². The second-order valence-electron chi connectivity index (χ2n) is 2.55. The summed E-state index contributed by atoms with van der Waals surface area (Å²) in [5.41, 5.74) is 0. The van der Waals surface area contributed by atoms with Crippen molar-refractivity contribution in [3.05, 3.63) is 0 Å². The lowest BCUT2D eigenvalue weighted by Crippen LogP contribution is -2.11. The summed E-state index contributed by atoms with van der Waals surface area (Å²) in [6.45, 7) is 3.64. The maximum Gasteiger partial charge on any atom is 0.314 e. The molecule has 0 rings (SSSR count). The van der Waals surface area contributed by atoms with E-state index in [2.05, 4.69) is 16.6 Å². The van der Waals surface area contributed by atoms with Gasteiger partial charge in [0.1, 0.15) is 12.2 Å². The summed E-state index contributed by atoms with van der Waals surface area (Å²) >= 11 is 0. The van der Waals surface area contributed by atoms with Crippen LogP contribution >= 0.6 is 0 Å². The van der Waals surface area contributed by atoms with Gasteiger partial charge in [-0.25, -0.2) is 0 Å². The SMILES string of the molecule is CC#CCOC(=O)CC(=O)CCC. The van der Waals surface area contributed by atoms with E-state index in [9.17, 15) is 9.59 Å². The first-order valence-corrected chi connectivity index (χ1v) is 4.27. The fraction of sp³-hybridized carbons (Fsp3) is 0.600. The number of ether oxygens (including phenoxy) is 1. The Morgan fingerprint density at radius 3 is 2.62 bits per heavy atom. The van der Waals surface area contributed by atoms with Crippen molar-refractivity contribution in [1.82, 2.24) is 0 Å². The van der Waals surface area contributed by atoms with E-state index in [-0.39, 0.29) is 18.8 Å². The Bertz CT molecular complexity index is 232. The Labute approximate surface area is 78.5 Å². The van der Waals surface area contributed by atoms with Crippen molar-refractivity contribution in [2.75, 3.05) is 6.61 Å². The van der Waals surface area contributed by atoms with Crippen LogP contribution in [0.25, 0.3) is 0 Å². The molecule has 0 aliphatic carbocycles. The van der Waals surface area contributed by atoms with Crippen LogP contribution in [0.15, 0.2) is 0 Å². The summed E-state index contributed by atoms with van der Waals surface area (Å²) in [4.78, 5) is 21.8. The van der Waals surface area contributed by atoms with Gasteiger partial charge in [0.25, 0.3) is 0 Å². The van der Waals surface area contributed by atoms with Gasteiger partial charge in [-0.15, -0.1) is 5.92 Å². The molecule has 0 unspecified atom stereocenters. The Balaban J connectivity index is 3.59. The lowest BCUT2D eigenvalue weighted by Gasteiger charge is -1.98. The van der Waals surface area contributed by atoms with Crippen molar-refractivity contribution in [3.8, 4) is 11.8 Å². The van der Waals surface area contributed by atoms with Gasteiger partial charge in [-0.05, 0) is 13.3 Å². The number of Topliss-reactive ketones (excluding diaryl/α,β-unsaturated/α-hetero) is 1. The minimum absolute atomic E-state index is 0.0723. The highest BCUT2D eigenvalue weighted by molar-refractivity contribution is 5.95. The summed E-state index contributed by atoms with van der Waals surface area (Å²) in [7, 11) is 0. The lowest BCUT2D eigenvalue weighted by molar-refractivity contribution is -0.144. The summed E-state index contributed by atoms with van der Waals surface area (Å²) in [6.07, 6.45) is 1.08. The van der Waals surface area contributed by atoms with Gasteiger partial charge in [-0.3, -0.25) is 9.59 Å². The number of carbonyl (C=O) groups excluding carboxylic acids is 2. The van der Waals surface area contributed by atoms with Crippen LogP contribution in [0.3, 0.4) is 0 Å². The molecule has 0 aliphatic heterocycles. The van der Waals surface area contributed by atoms with Crippen LogP contribution in [0.4, 0.5) is 0 Å². The molecule has 0 aromatic rings. The number of ketones is 1. The summed E-state index contributed by atoms with van der Waals surface area (Å²) in [5, 5.41) is 0. The zero-order chi connectivity index (χ0) is 10.1. The topological polar surface area (TPSA) is 43.4 Å². The minimum Gasteiger partial charge on any atom is -0.452 e. The predicted molar refractivity (Wildman–Crippen MR) is 48.9 cm³/mol. The number of hydrogen-bond donors (Lipinski definition) is 0. The lowest BCUT2D eigenvalue weighted by atomic mass is 10.2. The van der Waals surface area contributed by atoms with E-state index < -0.39 is 5.97 Å². The van der Waals surface area contributed by atoms with Crippen LogP contribution < -0.4 is 0 Å². The van der Waals surface area contributed by atoms with Crippen LogP contribution in [-0.4, -0.2) is 18.4 Å². The fourth-order valence-electron chi connectivity index (χ4n) is 0.768. The van der Waals surface area contributed by atoms with Crippen LogP contribution in [0.5, 0.6) is 0 Å². The number of esters is 1. The summed E-state index contributed by atoms with van der Waals surface area (Å²) in [6, 6.07) is 0. The van der Waals surface area contributed by atoms with E-state index in [1.807, 2.05) is 6.92 Å². The van der Waals surface area contributed by atoms with Crippen molar-refractivity contribution in [1.29, 1.82) is 0 Å². The Hall–Kier alpha value is -1.30.